The van der Waals surface area contributed by atoms with Crippen LogP contribution in [-0.4, -0.2) is 81.6 Å². The quantitative estimate of drug-likeness (QED) is 0.0536. The van der Waals surface area contributed by atoms with Gasteiger partial charge in [0.2, 0.25) is 0 Å². The molecule has 1 aromatic rings. The van der Waals surface area contributed by atoms with Crippen molar-refractivity contribution in [3.63, 3.8) is 0 Å². The third kappa shape index (κ3) is 21.6. The molecular formula is C33H62ClNO7P+. The Labute approximate surface area is 267 Å². The number of phosphoric acid groups is 1. The summed E-state index contributed by atoms with van der Waals surface area (Å²) in [7, 11) is 3.08. The maximum atomic E-state index is 11.4. The van der Waals surface area contributed by atoms with E-state index in [1.165, 1.54) is 64.2 Å². The highest BCUT2D eigenvalue weighted by Crippen LogP contribution is 2.37. The van der Waals surface area contributed by atoms with Crippen LogP contribution in [0.15, 0.2) is 18.2 Å². The van der Waals surface area contributed by atoms with Crippen molar-refractivity contribution in [3.05, 3.63) is 28.8 Å². The van der Waals surface area contributed by atoms with Crippen molar-refractivity contribution in [3.8, 4) is 5.75 Å². The van der Waals surface area contributed by atoms with Crippen molar-refractivity contribution in [2.75, 3.05) is 61.3 Å². The van der Waals surface area contributed by atoms with Crippen LogP contribution < -0.4 is 4.74 Å². The minimum atomic E-state index is -4.57. The molecule has 1 rings (SSSR count). The van der Waals surface area contributed by atoms with E-state index in [0.29, 0.717) is 35.6 Å². The first-order chi connectivity index (χ1) is 20.5. The second kappa shape index (κ2) is 23.6. The zero-order valence-electron chi connectivity index (χ0n) is 27.7. The number of rotatable bonds is 28. The Morgan fingerprint density at radius 1 is 0.814 bits per heavy atom. The summed E-state index contributed by atoms with van der Waals surface area (Å²) in [5, 5.41) is 0.636. The predicted octanol–water partition coefficient (Wildman–Crippen LogP) is 8.21. The van der Waals surface area contributed by atoms with E-state index in [9.17, 15) is 14.4 Å². The first kappa shape index (κ1) is 40.3. The lowest BCUT2D eigenvalue weighted by molar-refractivity contribution is -0.897. The molecule has 0 saturated heterocycles. The van der Waals surface area contributed by atoms with Gasteiger partial charge >= 0.3 is 7.82 Å². The molecule has 1 aromatic carbocycles. The molecule has 2 unspecified atom stereocenters. The van der Waals surface area contributed by atoms with Gasteiger partial charge in [0.1, 0.15) is 18.4 Å². The summed E-state index contributed by atoms with van der Waals surface area (Å²) in [6.45, 7) is 4.97. The summed E-state index contributed by atoms with van der Waals surface area (Å²) >= 11 is 6.29. The minimum absolute atomic E-state index is 0.0482. The van der Waals surface area contributed by atoms with Crippen molar-refractivity contribution < 1.29 is 37.6 Å². The lowest BCUT2D eigenvalue weighted by Gasteiger charge is -2.36. The molecule has 2 atom stereocenters. The van der Waals surface area contributed by atoms with Gasteiger partial charge in [-0.1, -0.05) is 82.7 Å². The third-order valence-corrected chi connectivity index (χ3v) is 8.68. The highest BCUT2D eigenvalue weighted by molar-refractivity contribution is 7.46. The maximum Gasteiger partial charge on any atom is 0.469 e. The van der Waals surface area contributed by atoms with Crippen molar-refractivity contribution in [2.24, 2.45) is 5.92 Å². The van der Waals surface area contributed by atoms with Crippen molar-refractivity contribution in [1.82, 2.24) is 0 Å². The van der Waals surface area contributed by atoms with Crippen molar-refractivity contribution >= 4 is 19.4 Å². The van der Waals surface area contributed by atoms with E-state index < -0.39 is 7.82 Å². The number of quaternary nitrogens is 1. The first-order valence-corrected chi connectivity index (χ1v) is 18.4. The number of hydrogen-bond acceptors (Lipinski definition) is 5. The van der Waals surface area contributed by atoms with E-state index in [1.807, 2.05) is 33.3 Å². The molecular weight excluding hydrogens is 589 g/mol. The zero-order valence-corrected chi connectivity index (χ0v) is 29.4. The second-order valence-corrected chi connectivity index (χ2v) is 14.4. The molecule has 8 nitrogen and oxygen atoms in total. The Kier molecular flexibility index (Phi) is 22.1. The number of nitrogens with zero attached hydrogens (tertiary/aromatic N) is 1. The Balaban J connectivity index is 2.39. The fraction of sp³-hybridized carbons (Fsp3) is 0.818. The zero-order chi connectivity index (χ0) is 32.0. The van der Waals surface area contributed by atoms with Gasteiger partial charge in [0.05, 0.1) is 28.3 Å². The summed E-state index contributed by atoms with van der Waals surface area (Å²) in [6.07, 6.45) is 17.9. The van der Waals surface area contributed by atoms with Gasteiger partial charge in [-0.15, -0.1) is 0 Å². The van der Waals surface area contributed by atoms with Crippen LogP contribution in [0, 0.1) is 5.92 Å². The molecule has 0 aliphatic carbocycles. The third-order valence-electron chi connectivity index (χ3n) is 7.96. The number of unbranched alkanes of at least 4 members (excludes halogenated alkanes) is 11. The Bertz CT molecular complexity index is 877. The van der Waals surface area contributed by atoms with Crippen LogP contribution >= 0.6 is 19.4 Å². The van der Waals surface area contributed by atoms with E-state index in [4.69, 9.17) is 30.3 Å². The average Bonchev–Trinajstić information content (AvgIpc) is 2.93. The molecule has 0 heterocycles. The van der Waals surface area contributed by atoms with Crippen LogP contribution in [0.5, 0.6) is 5.75 Å². The molecule has 0 saturated carbocycles. The molecule has 0 radical (unpaired) electrons. The predicted molar refractivity (Wildman–Crippen MR) is 177 cm³/mol. The molecule has 10 heteroatoms. The molecule has 0 fully saturated rings. The van der Waals surface area contributed by atoms with Crippen molar-refractivity contribution in [1.29, 1.82) is 0 Å². The monoisotopic (exact) mass is 650 g/mol. The van der Waals surface area contributed by atoms with Gasteiger partial charge in [-0.3, -0.25) is 4.52 Å². The number of ether oxygens (including phenoxy) is 3. The molecule has 0 amide bonds. The summed E-state index contributed by atoms with van der Waals surface area (Å²) < 4.78 is 34.4. The van der Waals surface area contributed by atoms with E-state index in [2.05, 4.69) is 6.92 Å². The van der Waals surface area contributed by atoms with Gasteiger partial charge in [0.15, 0.2) is 0 Å². The van der Waals surface area contributed by atoms with Crippen LogP contribution in [0.3, 0.4) is 0 Å². The summed E-state index contributed by atoms with van der Waals surface area (Å²) in [6, 6.07) is 5.43. The van der Waals surface area contributed by atoms with E-state index in [0.717, 1.165) is 43.8 Å². The normalized spacial score (nSPS) is 13.8. The van der Waals surface area contributed by atoms with Gasteiger partial charge in [-0.25, -0.2) is 4.57 Å². The summed E-state index contributed by atoms with van der Waals surface area (Å²) in [4.78, 5) is 18.6. The fourth-order valence-electron chi connectivity index (χ4n) is 5.23. The number of methoxy groups -OCH3 is 1. The number of hydrogen-bond donors (Lipinski definition) is 2. The van der Waals surface area contributed by atoms with Crippen molar-refractivity contribution in [2.45, 2.75) is 109 Å². The molecule has 2 N–H and O–H groups in total. The average molecular weight is 651 g/mol. The first-order valence-electron chi connectivity index (χ1n) is 16.4. The highest BCUT2D eigenvalue weighted by atomic mass is 35.5. The van der Waals surface area contributed by atoms with Gasteiger partial charge in [0, 0.05) is 37.9 Å². The molecule has 0 spiro atoms. The minimum Gasteiger partial charge on any atom is -0.496 e. The smallest absolute Gasteiger partial charge is 0.469 e. The van der Waals surface area contributed by atoms with Gasteiger partial charge in [0.25, 0.3) is 0 Å². The molecule has 0 aliphatic heterocycles. The topological polar surface area (TPSA) is 94.5 Å². The van der Waals surface area contributed by atoms with Crippen LogP contribution in [0.4, 0.5) is 0 Å². The van der Waals surface area contributed by atoms with E-state index in [1.54, 1.807) is 13.2 Å². The SMILES string of the molecule is CCCCCCCCCCCCCOCCCCOCC(Cc1cc(Cl)ccc1OC)CC(COP(=O)(O)O)[N+](C)(C)C. The number of benzene rings is 1. The van der Waals surface area contributed by atoms with Crippen LogP contribution in [0.1, 0.15) is 102 Å². The number of halogens is 1. The largest absolute Gasteiger partial charge is 0.496 e. The molecule has 0 aliphatic rings. The Hall–Kier alpha value is -0.700. The summed E-state index contributed by atoms with van der Waals surface area (Å²) in [5.74, 6) is 0.838. The van der Waals surface area contributed by atoms with Crippen LogP contribution in [0.2, 0.25) is 5.02 Å². The van der Waals surface area contributed by atoms with Crippen LogP contribution in [0.25, 0.3) is 0 Å². The number of likely N-dealkylation sites (N-methyl/N-ethyl adjacent to an activating group) is 1. The lowest BCUT2D eigenvalue weighted by atomic mass is 9.92. The lowest BCUT2D eigenvalue weighted by Crippen LogP contribution is -2.49. The molecule has 252 valence electrons. The summed E-state index contributed by atoms with van der Waals surface area (Å²) in [5.41, 5.74) is 0.982. The van der Waals surface area contributed by atoms with Gasteiger partial charge in [-0.05, 0) is 55.4 Å². The van der Waals surface area contributed by atoms with E-state index in [-0.39, 0.29) is 18.6 Å². The molecule has 0 bridgehead atoms. The van der Waals surface area contributed by atoms with E-state index >= 15 is 0 Å². The van der Waals surface area contributed by atoms with Gasteiger partial charge in [-0.2, -0.15) is 0 Å². The Morgan fingerprint density at radius 3 is 1.88 bits per heavy atom. The van der Waals surface area contributed by atoms with Gasteiger partial charge < -0.3 is 28.5 Å². The fourth-order valence-corrected chi connectivity index (χ4v) is 5.79. The highest BCUT2D eigenvalue weighted by Gasteiger charge is 2.31. The van der Waals surface area contributed by atoms with Crippen LogP contribution in [-0.2, 0) is 25.0 Å². The molecule has 0 aromatic heterocycles. The number of phosphoric ester groups is 1. The Morgan fingerprint density at radius 2 is 1.35 bits per heavy atom. The molecule has 43 heavy (non-hydrogen) atoms. The maximum absolute atomic E-state index is 11.4. The standard InChI is InChI=1S/C33H61ClNO7P/c1-6-7-8-9-10-11-12-13-14-15-16-21-40-22-17-18-23-41-27-29(24-30-26-31(34)19-20-33(30)39-5)25-32(35(2,3)4)28-42-43(36,37)38/h19-20,26,29,32H,6-18,21-25,27-28H2,1-5H3,(H-,36,37,38)/p+1. The second-order valence-electron chi connectivity index (χ2n) is 12.7.